The molecule has 0 radical (unpaired) electrons. The van der Waals surface area contributed by atoms with E-state index < -0.39 is 41.2 Å². The highest BCUT2D eigenvalue weighted by Crippen LogP contribution is 2.30. The average Bonchev–Trinajstić information content (AvgIpc) is 2.77. The monoisotopic (exact) mass is 470 g/mol. The highest BCUT2D eigenvalue weighted by atomic mass is 19.2. The number of nitrogens with zero attached hydrogens (tertiary/aromatic N) is 1. The quantitative estimate of drug-likeness (QED) is 0.293. The number of halogens is 3. The van der Waals surface area contributed by atoms with Crippen LogP contribution in [0, 0.1) is 24.4 Å². The molecule has 4 N–H and O–H groups in total. The topological polar surface area (TPSA) is 112 Å². The summed E-state index contributed by atoms with van der Waals surface area (Å²) in [7, 11) is 3.04. The van der Waals surface area contributed by atoms with Crippen LogP contribution in [0.3, 0.4) is 0 Å². The SMILES string of the molecule is Cc1ccc(Nc2c(C(=O)NOCCO)cc(CNOCC(=O)N(C)C)c(F)c2F)c(F)c1. The van der Waals surface area contributed by atoms with Gasteiger partial charge in [0, 0.05) is 26.2 Å². The van der Waals surface area contributed by atoms with Crippen molar-refractivity contribution in [2.45, 2.75) is 13.5 Å². The standard InChI is InChI=1S/C21H25F3N4O5/c1-12-4-5-16(15(22)8-12)26-20-14(21(31)27-32-7-6-29)9-13(18(23)19(20)24)10-25-33-11-17(30)28(2)3/h4-5,8-9,25-26,29H,6-7,10-11H2,1-3H3,(H,27,31). The molecule has 180 valence electrons. The first-order valence-electron chi connectivity index (χ1n) is 9.77. The lowest BCUT2D eigenvalue weighted by Gasteiger charge is -2.17. The molecule has 2 aromatic carbocycles. The molecule has 12 heteroatoms. The van der Waals surface area contributed by atoms with Gasteiger partial charge in [-0.2, -0.15) is 5.48 Å². The highest BCUT2D eigenvalue weighted by molar-refractivity contribution is 6.00. The molecule has 2 aromatic rings. The second kappa shape index (κ2) is 12.2. The van der Waals surface area contributed by atoms with Crippen LogP contribution < -0.4 is 16.3 Å². The first-order valence-corrected chi connectivity index (χ1v) is 9.77. The van der Waals surface area contributed by atoms with Crippen molar-refractivity contribution in [2.75, 3.05) is 39.2 Å². The Morgan fingerprint density at radius 2 is 1.82 bits per heavy atom. The fourth-order valence-corrected chi connectivity index (χ4v) is 2.55. The molecule has 0 aromatic heterocycles. The molecule has 2 amide bonds. The van der Waals surface area contributed by atoms with Gasteiger partial charge in [-0.15, -0.1) is 0 Å². The Morgan fingerprint density at radius 1 is 1.09 bits per heavy atom. The molecule has 0 heterocycles. The molecule has 0 aliphatic carbocycles. The van der Waals surface area contributed by atoms with Crippen LogP contribution in [0.25, 0.3) is 0 Å². The summed E-state index contributed by atoms with van der Waals surface area (Å²) in [5, 5.41) is 11.2. The Labute approximate surface area is 188 Å². The fraction of sp³-hybridized carbons (Fsp3) is 0.333. The minimum atomic E-state index is -1.44. The van der Waals surface area contributed by atoms with Crippen LogP contribution in [-0.4, -0.2) is 55.7 Å². The summed E-state index contributed by atoms with van der Waals surface area (Å²) in [5.41, 5.74) is 3.44. The number of carbonyl (C=O) groups excluding carboxylic acids is 2. The number of aliphatic hydroxyl groups is 1. The van der Waals surface area contributed by atoms with Gasteiger partial charge in [-0.3, -0.25) is 19.3 Å². The van der Waals surface area contributed by atoms with Gasteiger partial charge in [0.25, 0.3) is 5.91 Å². The number of aliphatic hydroxyl groups excluding tert-OH is 1. The number of nitrogens with one attached hydrogen (secondary N) is 3. The van der Waals surface area contributed by atoms with E-state index >= 15 is 0 Å². The highest BCUT2D eigenvalue weighted by Gasteiger charge is 2.24. The fourth-order valence-electron chi connectivity index (χ4n) is 2.55. The summed E-state index contributed by atoms with van der Waals surface area (Å²) in [6.45, 7) is 0.273. The Balaban J connectivity index is 2.34. The number of rotatable bonds is 11. The molecule has 0 aliphatic rings. The number of amides is 2. The second-order valence-corrected chi connectivity index (χ2v) is 7.10. The summed E-state index contributed by atoms with van der Waals surface area (Å²) < 4.78 is 43.9. The van der Waals surface area contributed by atoms with Crippen molar-refractivity contribution >= 4 is 23.2 Å². The summed E-state index contributed by atoms with van der Waals surface area (Å²) in [4.78, 5) is 35.0. The predicted molar refractivity (Wildman–Crippen MR) is 113 cm³/mol. The van der Waals surface area contributed by atoms with Gasteiger partial charge in [0.1, 0.15) is 12.4 Å². The number of carbonyl (C=O) groups is 2. The zero-order valence-corrected chi connectivity index (χ0v) is 18.3. The second-order valence-electron chi connectivity index (χ2n) is 7.10. The molecule has 0 atom stereocenters. The van der Waals surface area contributed by atoms with Gasteiger partial charge in [0.05, 0.1) is 30.2 Å². The van der Waals surface area contributed by atoms with Crippen molar-refractivity contribution < 1.29 is 37.5 Å². The molecule has 2 rings (SSSR count). The van der Waals surface area contributed by atoms with Crippen molar-refractivity contribution in [1.82, 2.24) is 15.9 Å². The number of anilines is 2. The van der Waals surface area contributed by atoms with Crippen molar-refractivity contribution in [1.29, 1.82) is 0 Å². The van der Waals surface area contributed by atoms with E-state index in [1.54, 1.807) is 13.0 Å². The maximum atomic E-state index is 15.0. The zero-order chi connectivity index (χ0) is 24.5. The van der Waals surface area contributed by atoms with Gasteiger partial charge in [-0.1, -0.05) is 6.07 Å². The smallest absolute Gasteiger partial charge is 0.277 e. The zero-order valence-electron chi connectivity index (χ0n) is 18.3. The lowest BCUT2D eigenvalue weighted by Crippen LogP contribution is -2.30. The lowest BCUT2D eigenvalue weighted by molar-refractivity contribution is -0.136. The molecule has 0 fully saturated rings. The van der Waals surface area contributed by atoms with E-state index in [1.807, 2.05) is 5.48 Å². The number of likely N-dealkylation sites (N-methyl/N-ethyl adjacent to an activating group) is 1. The van der Waals surface area contributed by atoms with Crippen molar-refractivity contribution in [2.24, 2.45) is 0 Å². The van der Waals surface area contributed by atoms with Crippen LogP contribution in [0.5, 0.6) is 0 Å². The lowest BCUT2D eigenvalue weighted by atomic mass is 10.1. The first-order chi connectivity index (χ1) is 15.6. The summed E-state index contributed by atoms with van der Waals surface area (Å²) in [5.74, 6) is -4.82. The van der Waals surface area contributed by atoms with Crippen molar-refractivity contribution in [3.05, 3.63) is 58.4 Å². The van der Waals surface area contributed by atoms with Crippen LogP contribution in [0.15, 0.2) is 24.3 Å². The molecular formula is C21H25F3N4O5. The van der Waals surface area contributed by atoms with E-state index in [9.17, 15) is 22.8 Å². The summed E-state index contributed by atoms with van der Waals surface area (Å²) in [6, 6.07) is 5.07. The number of hydrogen-bond donors (Lipinski definition) is 4. The molecular weight excluding hydrogens is 445 g/mol. The third-order valence-electron chi connectivity index (χ3n) is 4.33. The van der Waals surface area contributed by atoms with E-state index in [0.29, 0.717) is 5.56 Å². The van der Waals surface area contributed by atoms with Crippen LogP contribution in [0.1, 0.15) is 21.5 Å². The van der Waals surface area contributed by atoms with Gasteiger partial charge >= 0.3 is 0 Å². The minimum Gasteiger partial charge on any atom is -0.394 e. The molecule has 0 bridgehead atoms. The number of aryl methyl sites for hydroxylation is 1. The Bertz CT molecular complexity index is 1000. The van der Waals surface area contributed by atoms with Gasteiger partial charge < -0.3 is 15.3 Å². The van der Waals surface area contributed by atoms with Gasteiger partial charge in [0.2, 0.25) is 5.91 Å². The summed E-state index contributed by atoms with van der Waals surface area (Å²) in [6.07, 6.45) is 0. The Kier molecular flexibility index (Phi) is 9.60. The molecule has 0 saturated carbocycles. The third-order valence-corrected chi connectivity index (χ3v) is 4.33. The van der Waals surface area contributed by atoms with Gasteiger partial charge in [-0.25, -0.2) is 18.7 Å². The average molecular weight is 470 g/mol. The van der Waals surface area contributed by atoms with E-state index in [1.165, 1.54) is 31.1 Å². The van der Waals surface area contributed by atoms with E-state index in [2.05, 4.69) is 10.8 Å². The normalized spacial score (nSPS) is 10.8. The maximum absolute atomic E-state index is 15.0. The number of hydroxylamine groups is 2. The molecule has 33 heavy (non-hydrogen) atoms. The summed E-state index contributed by atoms with van der Waals surface area (Å²) >= 11 is 0. The van der Waals surface area contributed by atoms with Gasteiger partial charge in [-0.05, 0) is 30.7 Å². The third kappa shape index (κ3) is 7.15. The van der Waals surface area contributed by atoms with Crippen molar-refractivity contribution in [3.8, 4) is 0 Å². The molecule has 0 spiro atoms. The predicted octanol–water partition coefficient (Wildman–Crippen LogP) is 1.92. The molecule has 0 aliphatic heterocycles. The minimum absolute atomic E-state index is 0.180. The largest absolute Gasteiger partial charge is 0.394 e. The Morgan fingerprint density at radius 3 is 2.45 bits per heavy atom. The van der Waals surface area contributed by atoms with Crippen molar-refractivity contribution in [3.63, 3.8) is 0 Å². The van der Waals surface area contributed by atoms with Crippen LogP contribution in [0.4, 0.5) is 24.5 Å². The van der Waals surface area contributed by atoms with E-state index in [4.69, 9.17) is 14.8 Å². The van der Waals surface area contributed by atoms with Crippen LogP contribution >= 0.6 is 0 Å². The first kappa shape index (κ1) is 26.1. The van der Waals surface area contributed by atoms with E-state index in [0.717, 1.165) is 6.07 Å². The molecule has 0 saturated heterocycles. The Hall–Kier alpha value is -3.19. The van der Waals surface area contributed by atoms with E-state index in [-0.39, 0.29) is 36.9 Å². The molecule has 9 nitrogen and oxygen atoms in total. The van der Waals surface area contributed by atoms with Crippen LogP contribution in [-0.2, 0) is 21.0 Å². The van der Waals surface area contributed by atoms with Gasteiger partial charge in [0.15, 0.2) is 11.6 Å². The molecule has 0 unspecified atom stereocenters. The number of hydrogen-bond acceptors (Lipinski definition) is 7. The van der Waals surface area contributed by atoms with Crippen LogP contribution in [0.2, 0.25) is 0 Å². The number of benzene rings is 2. The maximum Gasteiger partial charge on any atom is 0.277 e.